The zero-order chi connectivity index (χ0) is 19.4. The normalized spacial score (nSPS) is 11.3. The summed E-state index contributed by atoms with van der Waals surface area (Å²) < 4.78 is 32.5. The SMILES string of the molecule is Cc1nc(-c2ccc(S(=O)(=O)NCC(=O)Nc3ccccc3)cc2)c(C)o1. The Labute approximate surface area is 157 Å². The zero-order valence-corrected chi connectivity index (χ0v) is 15.7. The highest BCUT2D eigenvalue weighted by molar-refractivity contribution is 7.89. The molecule has 1 amide bonds. The maximum Gasteiger partial charge on any atom is 0.241 e. The average Bonchev–Trinajstić information content (AvgIpc) is 2.99. The molecule has 0 spiro atoms. The van der Waals surface area contributed by atoms with Crippen molar-refractivity contribution in [3.05, 3.63) is 66.2 Å². The Morgan fingerprint density at radius 3 is 2.30 bits per heavy atom. The molecule has 0 radical (unpaired) electrons. The molecule has 3 rings (SSSR count). The standard InChI is InChI=1S/C19H19N3O4S/c1-13-19(21-14(2)26-13)15-8-10-17(11-9-15)27(24,25)20-12-18(23)22-16-6-4-3-5-7-16/h3-11,20H,12H2,1-2H3,(H,22,23). The van der Waals surface area contributed by atoms with Gasteiger partial charge in [0, 0.05) is 18.2 Å². The van der Waals surface area contributed by atoms with E-state index in [2.05, 4.69) is 15.0 Å². The number of para-hydroxylation sites is 1. The van der Waals surface area contributed by atoms with Crippen LogP contribution in [0.2, 0.25) is 0 Å². The van der Waals surface area contributed by atoms with Gasteiger partial charge < -0.3 is 9.73 Å². The van der Waals surface area contributed by atoms with Crippen LogP contribution in [-0.4, -0.2) is 25.9 Å². The summed E-state index contributed by atoms with van der Waals surface area (Å²) in [4.78, 5) is 16.3. The van der Waals surface area contributed by atoms with Gasteiger partial charge in [0.25, 0.3) is 0 Å². The summed E-state index contributed by atoms with van der Waals surface area (Å²) in [6.45, 7) is 3.19. The van der Waals surface area contributed by atoms with E-state index in [-0.39, 0.29) is 11.4 Å². The minimum absolute atomic E-state index is 0.0663. The maximum atomic E-state index is 12.4. The summed E-state index contributed by atoms with van der Waals surface area (Å²) in [7, 11) is -3.81. The van der Waals surface area contributed by atoms with E-state index in [0.717, 1.165) is 5.56 Å². The van der Waals surface area contributed by atoms with Gasteiger partial charge in [0.1, 0.15) is 11.5 Å². The van der Waals surface area contributed by atoms with Gasteiger partial charge in [-0.25, -0.2) is 18.1 Å². The van der Waals surface area contributed by atoms with Gasteiger partial charge in [-0.2, -0.15) is 0 Å². The number of amides is 1. The first-order valence-electron chi connectivity index (χ1n) is 8.24. The number of aryl methyl sites for hydroxylation is 2. The lowest BCUT2D eigenvalue weighted by atomic mass is 10.1. The lowest BCUT2D eigenvalue weighted by molar-refractivity contribution is -0.115. The smallest absolute Gasteiger partial charge is 0.241 e. The molecule has 0 aliphatic carbocycles. The van der Waals surface area contributed by atoms with Crippen molar-refractivity contribution < 1.29 is 17.6 Å². The summed E-state index contributed by atoms with van der Waals surface area (Å²) in [5.74, 6) is 0.763. The summed E-state index contributed by atoms with van der Waals surface area (Å²) in [6.07, 6.45) is 0. The molecule has 0 atom stereocenters. The number of sulfonamides is 1. The molecule has 0 aliphatic heterocycles. The Balaban J connectivity index is 1.66. The molecule has 0 saturated carbocycles. The van der Waals surface area contributed by atoms with Gasteiger partial charge in [-0.05, 0) is 31.2 Å². The van der Waals surface area contributed by atoms with Gasteiger partial charge in [-0.3, -0.25) is 4.79 Å². The fourth-order valence-corrected chi connectivity index (χ4v) is 3.54. The van der Waals surface area contributed by atoms with E-state index in [4.69, 9.17) is 4.42 Å². The van der Waals surface area contributed by atoms with E-state index in [1.54, 1.807) is 50.2 Å². The quantitative estimate of drug-likeness (QED) is 0.679. The van der Waals surface area contributed by atoms with Crippen molar-refractivity contribution in [1.29, 1.82) is 0 Å². The highest BCUT2D eigenvalue weighted by atomic mass is 32.2. The van der Waals surface area contributed by atoms with Crippen molar-refractivity contribution in [2.75, 3.05) is 11.9 Å². The van der Waals surface area contributed by atoms with Crippen LogP contribution in [0.25, 0.3) is 11.3 Å². The molecule has 2 N–H and O–H groups in total. The van der Waals surface area contributed by atoms with Gasteiger partial charge in [0.05, 0.1) is 11.4 Å². The van der Waals surface area contributed by atoms with Crippen LogP contribution in [0.5, 0.6) is 0 Å². The number of nitrogens with zero attached hydrogens (tertiary/aromatic N) is 1. The van der Waals surface area contributed by atoms with E-state index < -0.39 is 15.9 Å². The fourth-order valence-electron chi connectivity index (χ4n) is 2.56. The third kappa shape index (κ3) is 4.60. The number of rotatable bonds is 6. The molecule has 1 heterocycles. The van der Waals surface area contributed by atoms with Crippen LogP contribution in [0.15, 0.2) is 63.9 Å². The number of aromatic nitrogens is 1. The Bertz CT molecular complexity index is 1040. The number of anilines is 1. The van der Waals surface area contributed by atoms with Gasteiger partial charge in [0.2, 0.25) is 15.9 Å². The van der Waals surface area contributed by atoms with Crippen LogP contribution in [0, 0.1) is 13.8 Å². The molecule has 2 aromatic carbocycles. The van der Waals surface area contributed by atoms with Crippen molar-refractivity contribution in [3.8, 4) is 11.3 Å². The molecule has 1 aromatic heterocycles. The number of benzene rings is 2. The van der Waals surface area contributed by atoms with Crippen LogP contribution < -0.4 is 10.0 Å². The molecule has 0 unspecified atom stereocenters. The summed E-state index contributed by atoms with van der Waals surface area (Å²) in [5, 5.41) is 2.62. The Hall–Kier alpha value is -2.97. The highest BCUT2D eigenvalue weighted by Gasteiger charge is 2.17. The van der Waals surface area contributed by atoms with Crippen LogP contribution in [0.3, 0.4) is 0 Å². The lowest BCUT2D eigenvalue weighted by Crippen LogP contribution is -2.32. The molecule has 7 nitrogen and oxygen atoms in total. The van der Waals surface area contributed by atoms with Crippen LogP contribution in [-0.2, 0) is 14.8 Å². The first kappa shape index (κ1) is 18.8. The number of hydrogen-bond donors (Lipinski definition) is 2. The van der Waals surface area contributed by atoms with Crippen molar-refractivity contribution in [2.45, 2.75) is 18.7 Å². The number of hydrogen-bond acceptors (Lipinski definition) is 5. The molecule has 0 saturated heterocycles. The Kier molecular flexibility index (Phi) is 5.38. The first-order valence-corrected chi connectivity index (χ1v) is 9.72. The first-order chi connectivity index (χ1) is 12.8. The second-order valence-corrected chi connectivity index (χ2v) is 7.67. The summed E-state index contributed by atoms with van der Waals surface area (Å²) in [6, 6.07) is 15.1. The van der Waals surface area contributed by atoms with Crippen molar-refractivity contribution in [3.63, 3.8) is 0 Å². The molecular formula is C19H19N3O4S. The van der Waals surface area contributed by atoms with Crippen LogP contribution in [0.1, 0.15) is 11.7 Å². The van der Waals surface area contributed by atoms with E-state index in [9.17, 15) is 13.2 Å². The third-order valence-electron chi connectivity index (χ3n) is 3.82. The summed E-state index contributed by atoms with van der Waals surface area (Å²) in [5.41, 5.74) is 2.03. The molecule has 0 fully saturated rings. The molecule has 8 heteroatoms. The van der Waals surface area contributed by atoms with E-state index in [1.807, 2.05) is 6.07 Å². The molecular weight excluding hydrogens is 366 g/mol. The molecule has 27 heavy (non-hydrogen) atoms. The topological polar surface area (TPSA) is 101 Å². The largest absolute Gasteiger partial charge is 0.446 e. The molecule has 0 aliphatic rings. The fraction of sp³-hybridized carbons (Fsp3) is 0.158. The van der Waals surface area contributed by atoms with Crippen molar-refractivity contribution >= 4 is 21.6 Å². The zero-order valence-electron chi connectivity index (χ0n) is 14.9. The molecule has 3 aromatic rings. The maximum absolute atomic E-state index is 12.4. The second-order valence-electron chi connectivity index (χ2n) is 5.90. The van der Waals surface area contributed by atoms with E-state index in [1.165, 1.54) is 12.1 Å². The van der Waals surface area contributed by atoms with Gasteiger partial charge >= 0.3 is 0 Å². The molecule has 0 bridgehead atoms. The van der Waals surface area contributed by atoms with E-state index in [0.29, 0.717) is 23.0 Å². The summed E-state index contributed by atoms with van der Waals surface area (Å²) >= 11 is 0. The van der Waals surface area contributed by atoms with E-state index >= 15 is 0 Å². The van der Waals surface area contributed by atoms with Gasteiger partial charge in [-0.1, -0.05) is 30.3 Å². The average molecular weight is 385 g/mol. The lowest BCUT2D eigenvalue weighted by Gasteiger charge is -2.08. The highest BCUT2D eigenvalue weighted by Crippen LogP contribution is 2.24. The van der Waals surface area contributed by atoms with Crippen LogP contribution >= 0.6 is 0 Å². The van der Waals surface area contributed by atoms with Crippen LogP contribution in [0.4, 0.5) is 5.69 Å². The van der Waals surface area contributed by atoms with Crippen molar-refractivity contribution in [1.82, 2.24) is 9.71 Å². The Morgan fingerprint density at radius 2 is 1.70 bits per heavy atom. The number of nitrogens with one attached hydrogen (secondary N) is 2. The second kappa shape index (κ2) is 7.73. The van der Waals surface area contributed by atoms with Gasteiger partial charge in [-0.15, -0.1) is 0 Å². The Morgan fingerprint density at radius 1 is 1.04 bits per heavy atom. The number of carbonyl (C=O) groups is 1. The van der Waals surface area contributed by atoms with Gasteiger partial charge in [0.15, 0.2) is 5.89 Å². The third-order valence-corrected chi connectivity index (χ3v) is 5.24. The monoisotopic (exact) mass is 385 g/mol. The predicted octanol–water partition coefficient (Wildman–Crippen LogP) is 2.88. The molecule has 140 valence electrons. The minimum atomic E-state index is -3.81. The predicted molar refractivity (Wildman–Crippen MR) is 102 cm³/mol. The number of carbonyl (C=O) groups excluding carboxylic acids is 1. The van der Waals surface area contributed by atoms with Crippen molar-refractivity contribution in [2.24, 2.45) is 0 Å². The number of oxazole rings is 1. The minimum Gasteiger partial charge on any atom is -0.446 e.